The van der Waals surface area contributed by atoms with Crippen LogP contribution in [0, 0.1) is 13.8 Å². The van der Waals surface area contributed by atoms with Gasteiger partial charge >= 0.3 is 0 Å². The fraction of sp³-hybridized carbons (Fsp3) is 0.0769. The smallest absolute Gasteiger partial charge is 0.135 e. The van der Waals surface area contributed by atoms with Gasteiger partial charge in [-0.2, -0.15) is 0 Å². The van der Waals surface area contributed by atoms with Gasteiger partial charge in [0.1, 0.15) is 11.5 Å². The van der Waals surface area contributed by atoms with Gasteiger partial charge in [0.2, 0.25) is 0 Å². The third-order valence-corrected chi connectivity index (χ3v) is 4.85. The van der Waals surface area contributed by atoms with E-state index >= 15 is 0 Å². The number of para-hydroxylation sites is 1. The molecule has 0 heterocycles. The molecular formula is C26H22O. The molecule has 0 saturated heterocycles. The molecule has 1 heteroatoms. The Labute approximate surface area is 160 Å². The van der Waals surface area contributed by atoms with Crippen LogP contribution in [0.4, 0.5) is 0 Å². The van der Waals surface area contributed by atoms with Gasteiger partial charge in [0, 0.05) is 5.56 Å². The topological polar surface area (TPSA) is 9.23 Å². The highest BCUT2D eigenvalue weighted by Crippen LogP contribution is 2.42. The number of benzene rings is 4. The predicted molar refractivity (Wildman–Crippen MR) is 113 cm³/mol. The van der Waals surface area contributed by atoms with Crippen molar-refractivity contribution in [3.05, 3.63) is 108 Å². The lowest BCUT2D eigenvalue weighted by Gasteiger charge is -2.18. The van der Waals surface area contributed by atoms with Crippen LogP contribution in [0.25, 0.3) is 22.3 Å². The predicted octanol–water partition coefficient (Wildman–Crippen LogP) is 7.43. The first-order valence-electron chi connectivity index (χ1n) is 9.22. The quantitative estimate of drug-likeness (QED) is 0.372. The van der Waals surface area contributed by atoms with Crippen molar-refractivity contribution < 1.29 is 4.74 Å². The Morgan fingerprint density at radius 3 is 1.70 bits per heavy atom. The summed E-state index contributed by atoms with van der Waals surface area (Å²) in [6.07, 6.45) is 0. The van der Waals surface area contributed by atoms with E-state index in [1.807, 2.05) is 30.3 Å². The van der Waals surface area contributed by atoms with E-state index in [1.54, 1.807) is 0 Å². The molecule has 0 atom stereocenters. The van der Waals surface area contributed by atoms with E-state index < -0.39 is 0 Å². The van der Waals surface area contributed by atoms with E-state index in [2.05, 4.69) is 80.6 Å². The number of hydrogen-bond acceptors (Lipinski definition) is 1. The van der Waals surface area contributed by atoms with Crippen LogP contribution in [0.5, 0.6) is 11.5 Å². The second kappa shape index (κ2) is 7.51. The Bertz CT molecular complexity index is 1060. The van der Waals surface area contributed by atoms with Crippen molar-refractivity contribution in [3.63, 3.8) is 0 Å². The molecule has 27 heavy (non-hydrogen) atoms. The molecule has 4 aromatic carbocycles. The van der Waals surface area contributed by atoms with Crippen molar-refractivity contribution in [2.45, 2.75) is 13.8 Å². The van der Waals surface area contributed by atoms with E-state index in [0.717, 1.165) is 17.1 Å². The van der Waals surface area contributed by atoms with Gasteiger partial charge in [0.25, 0.3) is 0 Å². The van der Waals surface area contributed by atoms with E-state index in [1.165, 1.54) is 27.8 Å². The van der Waals surface area contributed by atoms with Crippen LogP contribution in [-0.4, -0.2) is 0 Å². The summed E-state index contributed by atoms with van der Waals surface area (Å²) in [5.41, 5.74) is 7.24. The van der Waals surface area contributed by atoms with Crippen LogP contribution >= 0.6 is 0 Å². The van der Waals surface area contributed by atoms with Crippen LogP contribution < -0.4 is 4.74 Å². The third kappa shape index (κ3) is 3.50. The molecule has 0 spiro atoms. The largest absolute Gasteiger partial charge is 0.457 e. The molecule has 0 aromatic heterocycles. The molecular weight excluding hydrogens is 328 g/mol. The summed E-state index contributed by atoms with van der Waals surface area (Å²) in [6, 6.07) is 33.3. The number of hydrogen-bond donors (Lipinski definition) is 0. The lowest BCUT2D eigenvalue weighted by molar-refractivity contribution is 0.484. The van der Waals surface area contributed by atoms with Gasteiger partial charge in [-0.25, -0.2) is 0 Å². The Morgan fingerprint density at radius 1 is 0.481 bits per heavy atom. The van der Waals surface area contributed by atoms with Crippen LogP contribution in [0.3, 0.4) is 0 Å². The molecule has 0 aliphatic rings. The fourth-order valence-corrected chi connectivity index (χ4v) is 3.46. The van der Waals surface area contributed by atoms with Gasteiger partial charge in [-0.1, -0.05) is 78.9 Å². The lowest BCUT2D eigenvalue weighted by Crippen LogP contribution is -1.94. The summed E-state index contributed by atoms with van der Waals surface area (Å²) < 4.78 is 6.32. The molecule has 0 N–H and O–H groups in total. The third-order valence-electron chi connectivity index (χ3n) is 4.85. The maximum absolute atomic E-state index is 6.32. The first kappa shape index (κ1) is 17.1. The highest BCUT2D eigenvalue weighted by Gasteiger charge is 2.16. The van der Waals surface area contributed by atoms with Gasteiger partial charge in [0.05, 0.1) is 0 Å². The summed E-state index contributed by atoms with van der Waals surface area (Å²) in [5.74, 6) is 1.71. The molecule has 0 aliphatic carbocycles. The summed E-state index contributed by atoms with van der Waals surface area (Å²) in [7, 11) is 0. The summed E-state index contributed by atoms with van der Waals surface area (Å²) in [5, 5.41) is 0. The number of aryl methyl sites for hydroxylation is 2. The highest BCUT2D eigenvalue weighted by atomic mass is 16.5. The summed E-state index contributed by atoms with van der Waals surface area (Å²) in [6.45, 7) is 4.30. The van der Waals surface area contributed by atoms with Crippen LogP contribution in [0.15, 0.2) is 97.1 Å². The maximum Gasteiger partial charge on any atom is 0.135 e. The van der Waals surface area contributed by atoms with Crippen molar-refractivity contribution in [1.82, 2.24) is 0 Å². The first-order chi connectivity index (χ1) is 13.2. The van der Waals surface area contributed by atoms with Gasteiger partial charge in [-0.15, -0.1) is 0 Å². The standard InChI is InChI=1S/C26H22O/c1-19-11-6-8-15-22(19)24-17-10-18-25(27-21-13-4-3-5-14-21)26(24)23-16-9-7-12-20(23)2/h3-18H,1-2H3. The van der Waals surface area contributed by atoms with Gasteiger partial charge in [-0.3, -0.25) is 0 Å². The zero-order valence-electron chi connectivity index (χ0n) is 15.6. The second-order valence-electron chi connectivity index (χ2n) is 6.72. The SMILES string of the molecule is Cc1ccccc1-c1cccc(Oc2ccccc2)c1-c1ccccc1C. The summed E-state index contributed by atoms with van der Waals surface area (Å²) >= 11 is 0. The molecule has 1 nitrogen and oxygen atoms in total. The van der Waals surface area contributed by atoms with E-state index in [0.29, 0.717) is 0 Å². The van der Waals surface area contributed by atoms with Crippen molar-refractivity contribution in [1.29, 1.82) is 0 Å². The molecule has 0 bridgehead atoms. The average molecular weight is 350 g/mol. The molecule has 0 fully saturated rings. The van der Waals surface area contributed by atoms with Crippen molar-refractivity contribution in [2.75, 3.05) is 0 Å². The summed E-state index contributed by atoms with van der Waals surface area (Å²) in [4.78, 5) is 0. The Balaban J connectivity index is 1.96. The average Bonchev–Trinajstić information content (AvgIpc) is 2.70. The minimum absolute atomic E-state index is 0.842. The van der Waals surface area contributed by atoms with Crippen molar-refractivity contribution >= 4 is 0 Å². The van der Waals surface area contributed by atoms with Crippen molar-refractivity contribution in [2.24, 2.45) is 0 Å². The van der Waals surface area contributed by atoms with Crippen molar-refractivity contribution in [3.8, 4) is 33.8 Å². The molecule has 132 valence electrons. The Morgan fingerprint density at radius 2 is 1.04 bits per heavy atom. The Kier molecular flexibility index (Phi) is 4.76. The van der Waals surface area contributed by atoms with E-state index in [9.17, 15) is 0 Å². The molecule has 4 rings (SSSR count). The highest BCUT2D eigenvalue weighted by molar-refractivity contribution is 5.90. The Hall–Kier alpha value is -3.32. The van der Waals surface area contributed by atoms with Crippen LogP contribution in [0.1, 0.15) is 11.1 Å². The van der Waals surface area contributed by atoms with Gasteiger partial charge < -0.3 is 4.74 Å². The zero-order valence-corrected chi connectivity index (χ0v) is 15.6. The zero-order chi connectivity index (χ0) is 18.6. The maximum atomic E-state index is 6.32. The van der Waals surface area contributed by atoms with Crippen LogP contribution in [-0.2, 0) is 0 Å². The molecule has 0 saturated carbocycles. The normalized spacial score (nSPS) is 10.6. The monoisotopic (exact) mass is 350 g/mol. The van der Waals surface area contributed by atoms with E-state index in [4.69, 9.17) is 4.74 Å². The minimum atomic E-state index is 0.842. The van der Waals surface area contributed by atoms with Crippen LogP contribution in [0.2, 0.25) is 0 Å². The minimum Gasteiger partial charge on any atom is -0.457 e. The molecule has 0 unspecified atom stereocenters. The molecule has 0 amide bonds. The first-order valence-corrected chi connectivity index (χ1v) is 9.22. The van der Waals surface area contributed by atoms with Gasteiger partial charge in [0.15, 0.2) is 0 Å². The second-order valence-corrected chi connectivity index (χ2v) is 6.72. The molecule has 4 aromatic rings. The molecule has 0 radical (unpaired) electrons. The van der Waals surface area contributed by atoms with Gasteiger partial charge in [-0.05, 0) is 59.9 Å². The molecule has 0 aliphatic heterocycles. The lowest BCUT2D eigenvalue weighted by atomic mass is 9.89. The number of ether oxygens (including phenoxy) is 1. The van der Waals surface area contributed by atoms with E-state index in [-0.39, 0.29) is 0 Å². The fourth-order valence-electron chi connectivity index (χ4n) is 3.46. The number of rotatable bonds is 4.